The number of nitrogens with zero attached hydrogens (tertiary/aromatic N) is 3. The number of carbonyl (C=O) groups excluding carboxylic acids is 1. The van der Waals surface area contributed by atoms with Crippen molar-refractivity contribution in [2.24, 2.45) is 0 Å². The summed E-state index contributed by atoms with van der Waals surface area (Å²) in [6.45, 7) is 7.80. The number of ether oxygens (including phenoxy) is 1. The van der Waals surface area contributed by atoms with Crippen LogP contribution in [0.5, 0.6) is 0 Å². The minimum Gasteiger partial charge on any atom is -0.463 e. The van der Waals surface area contributed by atoms with Crippen LogP contribution in [-0.4, -0.2) is 73.4 Å². The molecule has 2 aliphatic rings. The molecule has 2 aliphatic heterocycles. The molecule has 3 aromatic rings. The van der Waals surface area contributed by atoms with Crippen LogP contribution in [0.2, 0.25) is 10.0 Å². The van der Waals surface area contributed by atoms with Gasteiger partial charge in [0.05, 0.1) is 27.0 Å². The first-order valence-electron chi connectivity index (χ1n) is 14.1. The Hall–Kier alpha value is -2.08. The van der Waals surface area contributed by atoms with E-state index in [9.17, 15) is 18.0 Å². The quantitative estimate of drug-likeness (QED) is 0.159. The van der Waals surface area contributed by atoms with Crippen molar-refractivity contribution in [3.05, 3.63) is 76.3 Å². The van der Waals surface area contributed by atoms with Crippen LogP contribution in [0.1, 0.15) is 18.9 Å². The van der Waals surface area contributed by atoms with Gasteiger partial charge in [0, 0.05) is 54.0 Å². The Labute approximate surface area is 268 Å². The normalized spacial score (nSPS) is 16.5. The second kappa shape index (κ2) is 14.3. The highest BCUT2D eigenvalue weighted by Gasteiger charge is 2.33. The number of piperazine rings is 1. The summed E-state index contributed by atoms with van der Waals surface area (Å²) in [4.78, 5) is 21.9. The minimum absolute atomic E-state index is 0.267. The molecule has 0 radical (unpaired) electrons. The number of alkyl halides is 3. The number of rotatable bonds is 10. The lowest BCUT2D eigenvalue weighted by molar-refractivity contribution is -0.143. The molecule has 2 heterocycles. The number of halogens is 5. The fraction of sp³-hybridized carbons (Fsp3) is 0.387. The number of carbonyl (C=O) groups is 1. The topological polar surface area (TPSA) is 36.0 Å². The highest BCUT2D eigenvalue weighted by atomic mass is 35.5. The monoisotopic (exact) mass is 669 g/mol. The van der Waals surface area contributed by atoms with Gasteiger partial charge in [0.2, 0.25) is 0 Å². The number of anilines is 2. The lowest BCUT2D eigenvalue weighted by Crippen LogP contribution is -2.47. The largest absolute Gasteiger partial charge is 0.463 e. The van der Waals surface area contributed by atoms with E-state index in [0.717, 1.165) is 65.6 Å². The third kappa shape index (κ3) is 8.35. The standard InChI is InChI=1S/C31H32Cl2F3N3O2S2/c1-21(42-23-8-9-24(32)25(33)20-23)30(40)41-18-17-38-15-13-37(14-16-38)11-4-12-39-26-5-2-3-6-28(26)43-29-10-7-22(19-27(29)39)31(34,35)36/h2-3,5-10,19-21H,4,11-18H2,1H3. The maximum Gasteiger partial charge on any atom is 0.416 e. The molecule has 12 heteroatoms. The van der Waals surface area contributed by atoms with E-state index in [1.54, 1.807) is 18.2 Å². The lowest BCUT2D eigenvalue weighted by atomic mass is 10.1. The van der Waals surface area contributed by atoms with Gasteiger partial charge in [-0.3, -0.25) is 9.69 Å². The highest BCUT2D eigenvalue weighted by molar-refractivity contribution is 8.00. The summed E-state index contributed by atoms with van der Waals surface area (Å²) in [6.07, 6.45) is -3.57. The maximum atomic E-state index is 13.5. The maximum absolute atomic E-state index is 13.5. The van der Waals surface area contributed by atoms with Gasteiger partial charge in [0.25, 0.3) is 0 Å². The van der Waals surface area contributed by atoms with Gasteiger partial charge in [-0.25, -0.2) is 0 Å². The fourth-order valence-corrected chi connectivity index (χ4v) is 7.47. The van der Waals surface area contributed by atoms with Crippen LogP contribution in [-0.2, 0) is 15.7 Å². The summed E-state index contributed by atoms with van der Waals surface area (Å²) in [5.41, 5.74) is 0.934. The molecule has 0 aromatic heterocycles. The molecule has 5 nitrogen and oxygen atoms in total. The predicted octanol–water partition coefficient (Wildman–Crippen LogP) is 8.35. The second-order valence-corrected chi connectivity index (χ2v) is 13.8. The zero-order valence-corrected chi connectivity index (χ0v) is 26.7. The summed E-state index contributed by atoms with van der Waals surface area (Å²) in [5, 5.41) is 0.556. The summed E-state index contributed by atoms with van der Waals surface area (Å²) in [7, 11) is 0. The Morgan fingerprint density at radius 1 is 0.907 bits per heavy atom. The van der Waals surface area contributed by atoms with Gasteiger partial charge in [0.1, 0.15) is 11.9 Å². The highest BCUT2D eigenvalue weighted by Crippen LogP contribution is 2.49. The van der Waals surface area contributed by atoms with Crippen molar-refractivity contribution in [1.82, 2.24) is 9.80 Å². The van der Waals surface area contributed by atoms with E-state index in [4.69, 9.17) is 27.9 Å². The summed E-state index contributed by atoms with van der Waals surface area (Å²) >= 11 is 14.9. The molecule has 43 heavy (non-hydrogen) atoms. The number of esters is 1. The molecule has 1 fully saturated rings. The number of hydrogen-bond acceptors (Lipinski definition) is 7. The van der Waals surface area contributed by atoms with Crippen LogP contribution in [0, 0.1) is 0 Å². The van der Waals surface area contributed by atoms with Crippen molar-refractivity contribution < 1.29 is 22.7 Å². The first kappa shape index (κ1) is 32.3. The number of thioether (sulfide) groups is 1. The molecule has 5 rings (SSSR count). The molecule has 1 atom stereocenters. The van der Waals surface area contributed by atoms with Crippen molar-refractivity contribution in [3.8, 4) is 0 Å². The zero-order valence-electron chi connectivity index (χ0n) is 23.6. The van der Waals surface area contributed by atoms with E-state index in [1.165, 1.54) is 29.6 Å². The first-order valence-corrected chi connectivity index (χ1v) is 16.5. The van der Waals surface area contributed by atoms with Gasteiger partial charge in [-0.15, -0.1) is 11.8 Å². The van der Waals surface area contributed by atoms with Gasteiger partial charge in [-0.2, -0.15) is 13.2 Å². The molecule has 0 saturated carbocycles. The second-order valence-electron chi connectivity index (χ2n) is 10.4. The molecule has 0 spiro atoms. The van der Waals surface area contributed by atoms with E-state index >= 15 is 0 Å². The molecular formula is C31H32Cl2F3N3O2S2. The Morgan fingerprint density at radius 3 is 2.33 bits per heavy atom. The molecule has 230 valence electrons. The third-order valence-electron chi connectivity index (χ3n) is 7.46. The average molecular weight is 671 g/mol. The van der Waals surface area contributed by atoms with E-state index in [1.807, 2.05) is 42.2 Å². The van der Waals surface area contributed by atoms with E-state index in [0.29, 0.717) is 35.4 Å². The van der Waals surface area contributed by atoms with Crippen LogP contribution >= 0.6 is 46.7 Å². The molecule has 0 N–H and O–H groups in total. The van der Waals surface area contributed by atoms with Gasteiger partial charge >= 0.3 is 12.1 Å². The molecule has 0 amide bonds. The minimum atomic E-state index is -4.39. The molecule has 3 aromatic carbocycles. The van der Waals surface area contributed by atoms with E-state index in [2.05, 4.69) is 9.80 Å². The van der Waals surface area contributed by atoms with Crippen molar-refractivity contribution in [2.75, 3.05) is 57.3 Å². The SMILES string of the molecule is CC(Sc1ccc(Cl)c(Cl)c1)C(=O)OCCN1CCN(CCCN2c3ccccc3Sc3ccc(C(F)(F)F)cc32)CC1. The van der Waals surface area contributed by atoms with Gasteiger partial charge < -0.3 is 14.5 Å². The van der Waals surface area contributed by atoms with Crippen LogP contribution in [0.25, 0.3) is 0 Å². The summed E-state index contributed by atoms with van der Waals surface area (Å²) in [5.74, 6) is -0.267. The number of hydrogen-bond donors (Lipinski definition) is 0. The predicted molar refractivity (Wildman–Crippen MR) is 169 cm³/mol. The van der Waals surface area contributed by atoms with Crippen LogP contribution in [0.3, 0.4) is 0 Å². The first-order chi connectivity index (χ1) is 20.6. The van der Waals surface area contributed by atoms with Gasteiger partial charge in [-0.1, -0.05) is 47.1 Å². The Bertz CT molecular complexity index is 1440. The molecule has 1 saturated heterocycles. The molecule has 0 aliphatic carbocycles. The van der Waals surface area contributed by atoms with E-state index < -0.39 is 11.7 Å². The zero-order chi connectivity index (χ0) is 30.6. The molecular weight excluding hydrogens is 638 g/mol. The summed E-state index contributed by atoms with van der Waals surface area (Å²) in [6, 6.07) is 17.2. The number of fused-ring (bicyclic) bond motifs is 2. The van der Waals surface area contributed by atoms with E-state index in [-0.39, 0.29) is 11.2 Å². The average Bonchev–Trinajstić information content (AvgIpc) is 2.98. The number of para-hydroxylation sites is 1. The fourth-order valence-electron chi connectivity index (χ4n) is 5.13. The Kier molecular flexibility index (Phi) is 10.8. The van der Waals surface area contributed by atoms with Gasteiger partial charge in [0.15, 0.2) is 0 Å². The van der Waals surface area contributed by atoms with Crippen LogP contribution < -0.4 is 4.90 Å². The Morgan fingerprint density at radius 2 is 1.60 bits per heavy atom. The third-order valence-corrected chi connectivity index (χ3v) is 10.4. The van der Waals surface area contributed by atoms with Gasteiger partial charge in [-0.05, 0) is 68.4 Å². The molecule has 0 bridgehead atoms. The van der Waals surface area contributed by atoms with Crippen molar-refractivity contribution in [1.29, 1.82) is 0 Å². The Balaban J connectivity index is 1.06. The lowest BCUT2D eigenvalue weighted by Gasteiger charge is -2.36. The molecule has 1 unspecified atom stereocenters. The van der Waals surface area contributed by atoms with Crippen molar-refractivity contribution in [3.63, 3.8) is 0 Å². The van der Waals surface area contributed by atoms with Crippen LogP contribution in [0.4, 0.5) is 24.5 Å². The summed E-state index contributed by atoms with van der Waals surface area (Å²) < 4.78 is 46.0. The van der Waals surface area contributed by atoms with Crippen molar-refractivity contribution >= 4 is 64.1 Å². The van der Waals surface area contributed by atoms with Crippen molar-refractivity contribution in [2.45, 2.75) is 39.5 Å². The smallest absolute Gasteiger partial charge is 0.416 e. The van der Waals surface area contributed by atoms with Crippen LogP contribution in [0.15, 0.2) is 75.4 Å². The number of benzene rings is 3.